The van der Waals surface area contributed by atoms with Crippen molar-refractivity contribution in [1.29, 1.82) is 0 Å². The van der Waals surface area contributed by atoms with Gasteiger partial charge in [-0.1, -0.05) is 32.9 Å². The number of methoxy groups -OCH3 is 3. The van der Waals surface area contributed by atoms with Gasteiger partial charge in [0.05, 0.1) is 21.3 Å². The number of carbonyl (C=O) groups excluding carboxylic acids is 1. The van der Waals surface area contributed by atoms with Crippen LogP contribution in [0.1, 0.15) is 42.3 Å². The predicted molar refractivity (Wildman–Crippen MR) is 102 cm³/mol. The molecule has 0 saturated heterocycles. The molecule has 0 unspecified atom stereocenters. The summed E-state index contributed by atoms with van der Waals surface area (Å²) in [5.74, 6) is 1.53. The minimum Gasteiger partial charge on any atom is -0.493 e. The Balaban J connectivity index is 2.12. The van der Waals surface area contributed by atoms with Crippen LogP contribution in [0.4, 0.5) is 0 Å². The smallest absolute Gasteiger partial charge is 0.251 e. The zero-order valence-electron chi connectivity index (χ0n) is 16.3. The second-order valence-corrected chi connectivity index (χ2v) is 7.04. The number of benzene rings is 2. The van der Waals surface area contributed by atoms with Gasteiger partial charge >= 0.3 is 0 Å². The van der Waals surface area contributed by atoms with E-state index in [-0.39, 0.29) is 11.3 Å². The van der Waals surface area contributed by atoms with Gasteiger partial charge in [0.1, 0.15) is 0 Å². The van der Waals surface area contributed by atoms with E-state index in [0.29, 0.717) is 29.4 Å². The zero-order valence-corrected chi connectivity index (χ0v) is 16.3. The van der Waals surface area contributed by atoms with Crippen molar-refractivity contribution in [3.05, 3.63) is 53.1 Å². The van der Waals surface area contributed by atoms with Gasteiger partial charge in [-0.15, -0.1) is 0 Å². The molecule has 5 nitrogen and oxygen atoms in total. The van der Waals surface area contributed by atoms with Crippen LogP contribution < -0.4 is 19.5 Å². The fourth-order valence-electron chi connectivity index (χ4n) is 2.64. The maximum atomic E-state index is 12.4. The third-order valence-corrected chi connectivity index (χ3v) is 4.19. The molecule has 0 aliphatic carbocycles. The van der Waals surface area contributed by atoms with Crippen molar-refractivity contribution < 1.29 is 19.0 Å². The summed E-state index contributed by atoms with van der Waals surface area (Å²) >= 11 is 0. The summed E-state index contributed by atoms with van der Waals surface area (Å²) in [7, 11) is 4.69. The fraction of sp³-hybridized carbons (Fsp3) is 0.381. The molecule has 0 aliphatic rings. The van der Waals surface area contributed by atoms with Crippen molar-refractivity contribution in [2.45, 2.75) is 32.7 Å². The molecule has 0 bridgehead atoms. The lowest BCUT2D eigenvalue weighted by Gasteiger charge is -2.19. The van der Waals surface area contributed by atoms with Gasteiger partial charge < -0.3 is 19.5 Å². The fourth-order valence-corrected chi connectivity index (χ4v) is 2.64. The lowest BCUT2D eigenvalue weighted by Crippen LogP contribution is -2.23. The molecule has 0 aromatic heterocycles. The SMILES string of the molecule is COc1cc(CNC(=O)c2ccc(C(C)(C)C)cc2)cc(OC)c1OC. The summed E-state index contributed by atoms with van der Waals surface area (Å²) in [5.41, 5.74) is 2.74. The minimum atomic E-state index is -0.126. The van der Waals surface area contributed by atoms with Crippen molar-refractivity contribution in [3.63, 3.8) is 0 Å². The van der Waals surface area contributed by atoms with Crippen molar-refractivity contribution in [3.8, 4) is 17.2 Å². The van der Waals surface area contributed by atoms with Gasteiger partial charge in [0, 0.05) is 12.1 Å². The molecule has 0 fully saturated rings. The lowest BCUT2D eigenvalue weighted by atomic mass is 9.87. The van der Waals surface area contributed by atoms with Gasteiger partial charge in [-0.3, -0.25) is 4.79 Å². The Hall–Kier alpha value is -2.69. The Morgan fingerprint density at radius 2 is 1.46 bits per heavy atom. The number of ether oxygens (including phenoxy) is 3. The molecule has 0 atom stereocenters. The molecule has 0 spiro atoms. The average Bonchev–Trinajstić information content (AvgIpc) is 2.64. The zero-order chi connectivity index (χ0) is 19.3. The van der Waals surface area contributed by atoms with Crippen LogP contribution in [0.15, 0.2) is 36.4 Å². The normalized spacial score (nSPS) is 11.0. The first-order valence-corrected chi connectivity index (χ1v) is 8.47. The van der Waals surface area contributed by atoms with E-state index in [0.717, 1.165) is 5.56 Å². The molecule has 140 valence electrons. The summed E-state index contributed by atoms with van der Waals surface area (Å²) < 4.78 is 16.0. The van der Waals surface area contributed by atoms with E-state index >= 15 is 0 Å². The molecule has 0 aliphatic heterocycles. The molecule has 2 aromatic carbocycles. The van der Waals surface area contributed by atoms with Gasteiger partial charge in [-0.25, -0.2) is 0 Å². The molecular formula is C21H27NO4. The third kappa shape index (κ3) is 4.48. The molecule has 1 N–H and O–H groups in total. The van der Waals surface area contributed by atoms with Crippen molar-refractivity contribution in [2.24, 2.45) is 0 Å². The van der Waals surface area contributed by atoms with E-state index in [1.807, 2.05) is 36.4 Å². The van der Waals surface area contributed by atoms with Crippen molar-refractivity contribution in [2.75, 3.05) is 21.3 Å². The minimum absolute atomic E-state index is 0.0607. The van der Waals surface area contributed by atoms with Crippen LogP contribution in [0.3, 0.4) is 0 Å². The maximum absolute atomic E-state index is 12.4. The summed E-state index contributed by atoms with van der Waals surface area (Å²) in [6.07, 6.45) is 0. The van der Waals surface area contributed by atoms with Crippen LogP contribution in [-0.4, -0.2) is 27.2 Å². The molecule has 0 saturated carbocycles. The second kappa shape index (κ2) is 8.13. The number of amides is 1. The molecule has 2 rings (SSSR count). The molecule has 2 aromatic rings. The number of carbonyl (C=O) groups is 1. The van der Waals surface area contributed by atoms with Crippen LogP contribution in [0, 0.1) is 0 Å². The Morgan fingerprint density at radius 1 is 0.923 bits per heavy atom. The highest BCUT2D eigenvalue weighted by molar-refractivity contribution is 5.94. The first-order valence-electron chi connectivity index (χ1n) is 8.47. The Bertz CT molecular complexity index is 736. The number of rotatable bonds is 6. The van der Waals surface area contributed by atoms with Gasteiger partial charge in [-0.2, -0.15) is 0 Å². The van der Waals surface area contributed by atoms with E-state index in [9.17, 15) is 4.79 Å². The van der Waals surface area contributed by atoms with Gasteiger partial charge in [0.15, 0.2) is 11.5 Å². The first-order chi connectivity index (χ1) is 12.3. The van der Waals surface area contributed by atoms with Gasteiger partial charge in [0.2, 0.25) is 5.75 Å². The number of hydrogen-bond acceptors (Lipinski definition) is 4. The van der Waals surface area contributed by atoms with E-state index in [4.69, 9.17) is 14.2 Å². The standard InChI is InChI=1S/C21H27NO4/c1-21(2,3)16-9-7-15(8-10-16)20(23)22-13-14-11-17(24-4)19(26-6)18(12-14)25-5/h7-12H,13H2,1-6H3,(H,22,23). The highest BCUT2D eigenvalue weighted by Gasteiger charge is 2.16. The average molecular weight is 357 g/mol. The molecular weight excluding hydrogens is 330 g/mol. The van der Waals surface area contributed by atoms with Crippen LogP contribution in [0.2, 0.25) is 0 Å². The molecule has 26 heavy (non-hydrogen) atoms. The summed E-state index contributed by atoms with van der Waals surface area (Å²) in [6.45, 7) is 6.79. The van der Waals surface area contributed by atoms with Gasteiger partial charge in [0.25, 0.3) is 5.91 Å². The Kier molecular flexibility index (Phi) is 6.14. The Labute approximate surface area is 155 Å². The second-order valence-electron chi connectivity index (χ2n) is 7.04. The highest BCUT2D eigenvalue weighted by atomic mass is 16.5. The monoisotopic (exact) mass is 357 g/mol. The van der Waals surface area contributed by atoms with Crippen LogP contribution in [-0.2, 0) is 12.0 Å². The number of nitrogens with one attached hydrogen (secondary N) is 1. The van der Waals surface area contributed by atoms with Crippen LogP contribution in [0.25, 0.3) is 0 Å². The van der Waals surface area contributed by atoms with E-state index < -0.39 is 0 Å². The summed E-state index contributed by atoms with van der Waals surface area (Å²) in [5, 5.41) is 2.92. The molecule has 1 amide bonds. The van der Waals surface area contributed by atoms with Gasteiger partial charge in [-0.05, 0) is 40.8 Å². The van der Waals surface area contributed by atoms with Crippen molar-refractivity contribution in [1.82, 2.24) is 5.32 Å². The largest absolute Gasteiger partial charge is 0.493 e. The quantitative estimate of drug-likeness (QED) is 0.851. The molecule has 0 heterocycles. The molecule has 5 heteroatoms. The van der Waals surface area contributed by atoms with E-state index in [2.05, 4.69) is 26.1 Å². The predicted octanol–water partition coefficient (Wildman–Crippen LogP) is 3.94. The molecule has 0 radical (unpaired) electrons. The lowest BCUT2D eigenvalue weighted by molar-refractivity contribution is 0.0950. The highest BCUT2D eigenvalue weighted by Crippen LogP contribution is 2.38. The maximum Gasteiger partial charge on any atom is 0.251 e. The van der Waals surface area contributed by atoms with Crippen molar-refractivity contribution >= 4 is 5.91 Å². The number of hydrogen-bond donors (Lipinski definition) is 1. The van der Waals surface area contributed by atoms with Crippen LogP contribution in [0.5, 0.6) is 17.2 Å². The third-order valence-electron chi connectivity index (χ3n) is 4.19. The Morgan fingerprint density at radius 3 is 1.88 bits per heavy atom. The summed E-state index contributed by atoms with van der Waals surface area (Å²) in [6, 6.07) is 11.3. The van der Waals surface area contributed by atoms with Crippen LogP contribution >= 0.6 is 0 Å². The van der Waals surface area contributed by atoms with E-state index in [1.165, 1.54) is 5.56 Å². The summed E-state index contributed by atoms with van der Waals surface area (Å²) in [4.78, 5) is 12.4. The topological polar surface area (TPSA) is 56.8 Å². The van der Waals surface area contributed by atoms with E-state index in [1.54, 1.807) is 21.3 Å². The first kappa shape index (κ1) is 19.6.